The first kappa shape index (κ1) is 17.5. The smallest absolute Gasteiger partial charge is 0.321 e. The van der Waals surface area contributed by atoms with E-state index in [1.807, 2.05) is 6.07 Å². The normalized spacial score (nSPS) is 10.4. The van der Waals surface area contributed by atoms with Crippen molar-refractivity contribution >= 4 is 19.9 Å². The summed E-state index contributed by atoms with van der Waals surface area (Å²) >= 11 is -0.443. The fourth-order valence-electron chi connectivity index (χ4n) is 2.54. The van der Waals surface area contributed by atoms with E-state index in [4.69, 9.17) is 0 Å². The molecule has 0 heterocycles. The Morgan fingerprint density at radius 1 is 0.950 bits per heavy atom. The van der Waals surface area contributed by atoms with Crippen LogP contribution in [-0.2, 0) is 11.2 Å². The van der Waals surface area contributed by atoms with Crippen molar-refractivity contribution in [3.05, 3.63) is 35.9 Å². The first-order valence-electron chi connectivity index (χ1n) is 8.38. The number of hydrogen-bond donors (Lipinski definition) is 0. The van der Waals surface area contributed by atoms with Crippen molar-refractivity contribution in [1.29, 1.82) is 0 Å². The van der Waals surface area contributed by atoms with Crippen LogP contribution in [0.15, 0.2) is 30.3 Å². The topological polar surface area (TPSA) is 17.1 Å². The van der Waals surface area contributed by atoms with Gasteiger partial charge in [0.1, 0.15) is 0 Å². The minimum atomic E-state index is -0.443. The monoisotopic (exact) mass is 288 g/mol. The Labute approximate surface area is 130 Å². The SMILES string of the molecule is CCCCCCC[CH2][AlH][C](=O)CCCc1ccccc1. The van der Waals surface area contributed by atoms with Crippen LogP contribution in [0.25, 0.3) is 0 Å². The van der Waals surface area contributed by atoms with Crippen LogP contribution in [0.5, 0.6) is 0 Å². The molecule has 1 rings (SSSR count). The summed E-state index contributed by atoms with van der Waals surface area (Å²) in [5, 5.41) is 1.23. The second-order valence-electron chi connectivity index (χ2n) is 5.75. The molecule has 0 radical (unpaired) electrons. The minimum Gasteiger partial charge on any atom is -0.321 e. The highest BCUT2D eigenvalue weighted by atomic mass is 27.1. The van der Waals surface area contributed by atoms with E-state index in [2.05, 4.69) is 31.2 Å². The molecule has 0 aliphatic rings. The van der Waals surface area contributed by atoms with Crippen LogP contribution in [-0.4, -0.2) is 19.9 Å². The summed E-state index contributed by atoms with van der Waals surface area (Å²) in [5.74, 6) is 0. The third kappa shape index (κ3) is 9.35. The molecule has 0 atom stereocenters. The summed E-state index contributed by atoms with van der Waals surface area (Å²) in [6, 6.07) is 10.5. The molecule has 0 spiro atoms. The Hall–Kier alpha value is -0.578. The van der Waals surface area contributed by atoms with Gasteiger partial charge in [-0.2, -0.15) is 0 Å². The zero-order chi connectivity index (χ0) is 14.5. The molecule has 110 valence electrons. The van der Waals surface area contributed by atoms with Gasteiger partial charge in [0.15, 0.2) is 0 Å². The largest absolute Gasteiger partial charge is 0.342 e. The van der Waals surface area contributed by atoms with Gasteiger partial charge in [-0.25, -0.2) is 0 Å². The average Bonchev–Trinajstić information content (AvgIpc) is 2.47. The van der Waals surface area contributed by atoms with Crippen molar-refractivity contribution < 1.29 is 4.79 Å². The van der Waals surface area contributed by atoms with Crippen LogP contribution in [0.1, 0.15) is 63.9 Å². The van der Waals surface area contributed by atoms with Crippen molar-refractivity contribution in [2.75, 3.05) is 0 Å². The average molecular weight is 288 g/mol. The van der Waals surface area contributed by atoms with Gasteiger partial charge in [0.2, 0.25) is 0 Å². The molecule has 0 bridgehead atoms. The Balaban J connectivity index is 1.93. The lowest BCUT2D eigenvalue weighted by molar-refractivity contribution is -0.112. The quantitative estimate of drug-likeness (QED) is 0.400. The summed E-state index contributed by atoms with van der Waals surface area (Å²) in [5.41, 5.74) is 1.36. The summed E-state index contributed by atoms with van der Waals surface area (Å²) < 4.78 is 0.592. The Kier molecular flexibility index (Phi) is 10.6. The zero-order valence-corrected chi connectivity index (χ0v) is 14.5. The predicted molar refractivity (Wildman–Crippen MR) is 89.7 cm³/mol. The fourth-order valence-corrected chi connectivity index (χ4v) is 4.04. The van der Waals surface area contributed by atoms with Crippen molar-refractivity contribution in [3.8, 4) is 0 Å². The lowest BCUT2D eigenvalue weighted by Gasteiger charge is -2.02. The van der Waals surface area contributed by atoms with Gasteiger partial charge in [-0.1, -0.05) is 81.1 Å². The molecule has 0 aliphatic heterocycles. The van der Waals surface area contributed by atoms with Crippen molar-refractivity contribution in [3.63, 3.8) is 0 Å². The molecular weight excluding hydrogens is 259 g/mol. The number of carbonyl (C=O) groups is 1. The molecule has 0 aromatic heterocycles. The molecule has 0 saturated carbocycles. The highest BCUT2D eigenvalue weighted by Crippen LogP contribution is 2.08. The number of carbonyl (C=O) groups excluding carboxylic acids is 1. The van der Waals surface area contributed by atoms with Crippen LogP contribution in [0.4, 0.5) is 0 Å². The van der Waals surface area contributed by atoms with Gasteiger partial charge in [0.05, 0.1) is 0 Å². The number of rotatable bonds is 12. The van der Waals surface area contributed by atoms with Crippen molar-refractivity contribution in [2.24, 2.45) is 0 Å². The second-order valence-corrected chi connectivity index (χ2v) is 7.74. The summed E-state index contributed by atoms with van der Waals surface area (Å²) in [6.45, 7) is 2.25. The molecule has 0 fully saturated rings. The molecule has 1 nitrogen and oxygen atoms in total. The first-order valence-corrected chi connectivity index (χ1v) is 10.1. The molecule has 0 N–H and O–H groups in total. The summed E-state index contributed by atoms with van der Waals surface area (Å²) in [4.78, 5) is 11.8. The molecular formula is C18H29AlO. The molecule has 0 saturated heterocycles. The van der Waals surface area contributed by atoms with E-state index in [0.717, 1.165) is 19.3 Å². The van der Waals surface area contributed by atoms with Gasteiger partial charge in [-0.05, 0) is 24.8 Å². The maximum absolute atomic E-state index is 11.8. The van der Waals surface area contributed by atoms with E-state index in [0.29, 0.717) is 4.65 Å². The van der Waals surface area contributed by atoms with E-state index in [9.17, 15) is 4.79 Å². The Bertz CT molecular complexity index is 348. The van der Waals surface area contributed by atoms with E-state index >= 15 is 0 Å². The van der Waals surface area contributed by atoms with E-state index < -0.39 is 15.2 Å². The van der Waals surface area contributed by atoms with Gasteiger partial charge in [0.25, 0.3) is 0 Å². The molecule has 1 aromatic rings. The number of benzene rings is 1. The summed E-state index contributed by atoms with van der Waals surface area (Å²) in [7, 11) is 0. The minimum absolute atomic E-state index is 0.443. The lowest BCUT2D eigenvalue weighted by atomic mass is 10.1. The standard InChI is InChI=1S/C10H11O.C8H17.Al.H/c11-9-5-4-8-10-6-2-1-3-7-10;1-3-5-7-8-6-4-2;;/h1-3,6-7H,4-5,8H2;1,3-8H2,2H3;;. The van der Waals surface area contributed by atoms with Gasteiger partial charge in [-0.3, -0.25) is 0 Å². The Morgan fingerprint density at radius 3 is 2.40 bits per heavy atom. The highest BCUT2D eigenvalue weighted by molar-refractivity contribution is 6.73. The van der Waals surface area contributed by atoms with Crippen LogP contribution in [0.3, 0.4) is 0 Å². The third-order valence-corrected chi connectivity index (χ3v) is 5.59. The summed E-state index contributed by atoms with van der Waals surface area (Å²) in [6.07, 6.45) is 11.0. The predicted octanol–water partition coefficient (Wildman–Crippen LogP) is 4.75. The van der Waals surface area contributed by atoms with Gasteiger partial charge in [0, 0.05) is 4.65 Å². The first-order chi connectivity index (χ1) is 9.83. The Morgan fingerprint density at radius 2 is 1.65 bits per heavy atom. The van der Waals surface area contributed by atoms with Gasteiger partial charge >= 0.3 is 15.2 Å². The van der Waals surface area contributed by atoms with Crippen LogP contribution < -0.4 is 0 Å². The van der Waals surface area contributed by atoms with Crippen molar-refractivity contribution in [2.45, 2.75) is 70.0 Å². The fraction of sp³-hybridized carbons (Fsp3) is 0.611. The lowest BCUT2D eigenvalue weighted by Crippen LogP contribution is -2.08. The third-order valence-electron chi connectivity index (χ3n) is 3.82. The molecule has 0 aliphatic carbocycles. The van der Waals surface area contributed by atoms with E-state index in [1.54, 1.807) is 0 Å². The zero-order valence-electron chi connectivity index (χ0n) is 13.1. The van der Waals surface area contributed by atoms with Crippen molar-refractivity contribution in [1.82, 2.24) is 0 Å². The van der Waals surface area contributed by atoms with E-state index in [1.165, 1.54) is 49.4 Å². The second kappa shape index (κ2) is 12.2. The molecule has 20 heavy (non-hydrogen) atoms. The maximum Gasteiger partial charge on any atom is 0.342 e. The molecule has 0 amide bonds. The number of aryl methyl sites for hydroxylation is 1. The molecule has 1 aromatic carbocycles. The van der Waals surface area contributed by atoms with Crippen LogP contribution in [0, 0.1) is 0 Å². The molecule has 2 heteroatoms. The number of hydrogen-bond acceptors (Lipinski definition) is 1. The van der Waals surface area contributed by atoms with Gasteiger partial charge < -0.3 is 4.79 Å². The van der Waals surface area contributed by atoms with Crippen LogP contribution >= 0.6 is 0 Å². The van der Waals surface area contributed by atoms with Gasteiger partial charge in [-0.15, -0.1) is 0 Å². The highest BCUT2D eigenvalue weighted by Gasteiger charge is 2.05. The van der Waals surface area contributed by atoms with Crippen LogP contribution in [0.2, 0.25) is 5.28 Å². The number of unbranched alkanes of at least 4 members (excludes halogenated alkanes) is 5. The molecule has 0 unspecified atom stereocenters. The van der Waals surface area contributed by atoms with E-state index in [-0.39, 0.29) is 0 Å². The maximum atomic E-state index is 11.8.